The van der Waals surface area contributed by atoms with E-state index in [4.69, 9.17) is 9.47 Å². The van der Waals surface area contributed by atoms with Crippen LogP contribution in [-0.4, -0.2) is 29.9 Å². The van der Waals surface area contributed by atoms with Crippen LogP contribution in [0.3, 0.4) is 0 Å². The molecule has 0 saturated heterocycles. The van der Waals surface area contributed by atoms with E-state index in [2.05, 4.69) is 5.32 Å². The van der Waals surface area contributed by atoms with E-state index in [1.54, 1.807) is 55.5 Å². The molecule has 1 N–H and O–H groups in total. The maximum Gasteiger partial charge on any atom is 0.348 e. The van der Waals surface area contributed by atoms with Crippen LogP contribution in [0.4, 0.5) is 5.69 Å². The number of esters is 1. The quantitative estimate of drug-likeness (QED) is 0.568. The van der Waals surface area contributed by atoms with Gasteiger partial charge in [0.1, 0.15) is 5.75 Å². The molecule has 0 spiro atoms. The molecule has 2 atom stereocenters. The lowest BCUT2D eigenvalue weighted by atomic mass is 10.1. The van der Waals surface area contributed by atoms with Gasteiger partial charge >= 0.3 is 5.97 Å². The third kappa shape index (κ3) is 5.95. The first kappa shape index (κ1) is 20.2. The first-order chi connectivity index (χ1) is 12.9. The van der Waals surface area contributed by atoms with Gasteiger partial charge in [-0.1, -0.05) is 25.1 Å². The third-order valence-corrected chi connectivity index (χ3v) is 3.88. The van der Waals surface area contributed by atoms with Crippen molar-refractivity contribution in [3.63, 3.8) is 0 Å². The largest absolute Gasteiger partial charge is 0.479 e. The zero-order valence-corrected chi connectivity index (χ0v) is 15.6. The van der Waals surface area contributed by atoms with Crippen LogP contribution in [0.2, 0.25) is 0 Å². The van der Waals surface area contributed by atoms with Gasteiger partial charge in [-0.05, 0) is 56.7 Å². The van der Waals surface area contributed by atoms with Crippen LogP contribution in [0.5, 0.6) is 5.75 Å². The number of amides is 1. The summed E-state index contributed by atoms with van der Waals surface area (Å²) in [6.45, 7) is 4.76. The number of anilines is 1. The number of nitrogens with one attached hydrogen (secondary N) is 1. The standard InChI is InChI=1S/C21H23NO5/c1-4-19(27-18-8-6-5-7-9-18)21(25)26-15(3)20(24)22-17-12-10-16(11-13-17)14(2)23/h5-13,15,19H,4H2,1-3H3,(H,22,24)/t15-,19-/m1/s1. The highest BCUT2D eigenvalue weighted by molar-refractivity contribution is 5.97. The van der Waals surface area contributed by atoms with Crippen LogP contribution in [-0.2, 0) is 14.3 Å². The van der Waals surface area contributed by atoms with Gasteiger partial charge < -0.3 is 14.8 Å². The van der Waals surface area contributed by atoms with E-state index in [0.717, 1.165) is 0 Å². The first-order valence-electron chi connectivity index (χ1n) is 8.74. The van der Waals surface area contributed by atoms with Crippen molar-refractivity contribution in [3.05, 3.63) is 60.2 Å². The summed E-state index contributed by atoms with van der Waals surface area (Å²) in [5.74, 6) is -0.562. The van der Waals surface area contributed by atoms with Gasteiger partial charge in [0.25, 0.3) is 5.91 Å². The molecule has 0 bridgehead atoms. The van der Waals surface area contributed by atoms with Crippen molar-refractivity contribution in [2.24, 2.45) is 0 Å². The molecule has 0 radical (unpaired) electrons. The van der Waals surface area contributed by atoms with Crippen molar-refractivity contribution in [2.45, 2.75) is 39.4 Å². The number of hydrogen-bond donors (Lipinski definition) is 1. The van der Waals surface area contributed by atoms with Gasteiger partial charge in [0, 0.05) is 11.3 Å². The molecule has 27 heavy (non-hydrogen) atoms. The topological polar surface area (TPSA) is 81.7 Å². The number of para-hydroxylation sites is 1. The molecule has 1 amide bonds. The van der Waals surface area contributed by atoms with E-state index in [0.29, 0.717) is 23.4 Å². The lowest BCUT2D eigenvalue weighted by Gasteiger charge is -2.19. The van der Waals surface area contributed by atoms with E-state index in [1.165, 1.54) is 13.8 Å². The van der Waals surface area contributed by atoms with Crippen LogP contribution in [0.25, 0.3) is 0 Å². The van der Waals surface area contributed by atoms with Gasteiger partial charge in [0.05, 0.1) is 0 Å². The molecule has 0 fully saturated rings. The summed E-state index contributed by atoms with van der Waals surface area (Å²) in [5, 5.41) is 2.65. The summed E-state index contributed by atoms with van der Waals surface area (Å²) in [5.41, 5.74) is 1.07. The van der Waals surface area contributed by atoms with Crippen LogP contribution in [0, 0.1) is 0 Å². The zero-order valence-electron chi connectivity index (χ0n) is 15.6. The van der Waals surface area contributed by atoms with Gasteiger partial charge in [-0.15, -0.1) is 0 Å². The second-order valence-corrected chi connectivity index (χ2v) is 6.03. The van der Waals surface area contributed by atoms with Crippen molar-refractivity contribution in [1.82, 2.24) is 0 Å². The normalized spacial score (nSPS) is 12.6. The van der Waals surface area contributed by atoms with E-state index in [1.807, 2.05) is 6.07 Å². The number of hydrogen-bond acceptors (Lipinski definition) is 5. The molecule has 0 unspecified atom stereocenters. The van der Waals surface area contributed by atoms with Crippen molar-refractivity contribution in [3.8, 4) is 5.75 Å². The third-order valence-electron chi connectivity index (χ3n) is 3.88. The van der Waals surface area contributed by atoms with E-state index in [9.17, 15) is 14.4 Å². The van der Waals surface area contributed by atoms with Crippen molar-refractivity contribution >= 4 is 23.3 Å². The Hall–Kier alpha value is -3.15. The maximum atomic E-state index is 12.3. The molecule has 0 heterocycles. The van der Waals surface area contributed by atoms with Crippen molar-refractivity contribution < 1.29 is 23.9 Å². The highest BCUT2D eigenvalue weighted by Gasteiger charge is 2.25. The van der Waals surface area contributed by atoms with Gasteiger partial charge in [0.15, 0.2) is 18.0 Å². The number of carbonyl (C=O) groups excluding carboxylic acids is 3. The Labute approximate surface area is 158 Å². The Balaban J connectivity index is 1.91. The van der Waals surface area contributed by atoms with Crippen LogP contribution >= 0.6 is 0 Å². The fourth-order valence-corrected chi connectivity index (χ4v) is 2.30. The molecule has 0 aromatic heterocycles. The van der Waals surface area contributed by atoms with Crippen molar-refractivity contribution in [1.29, 1.82) is 0 Å². The Kier molecular flexibility index (Phi) is 7.11. The number of Topliss-reactive ketones (excluding diaryl/α,β-unsaturated/α-hetero) is 1. The van der Waals surface area contributed by atoms with Gasteiger partial charge in [-0.3, -0.25) is 9.59 Å². The first-order valence-corrected chi connectivity index (χ1v) is 8.74. The monoisotopic (exact) mass is 369 g/mol. The van der Waals surface area contributed by atoms with Gasteiger partial charge in [0.2, 0.25) is 0 Å². The second kappa shape index (κ2) is 9.52. The lowest BCUT2D eigenvalue weighted by Crippen LogP contribution is -2.36. The van der Waals surface area contributed by atoms with Crippen LogP contribution in [0.15, 0.2) is 54.6 Å². The number of ketones is 1. The molecular formula is C21H23NO5. The molecule has 2 rings (SSSR count). The summed E-state index contributed by atoms with van der Waals surface area (Å²) in [6, 6.07) is 15.4. The molecule has 6 heteroatoms. The predicted octanol–water partition coefficient (Wildman–Crippen LogP) is 3.62. The maximum absolute atomic E-state index is 12.3. The smallest absolute Gasteiger partial charge is 0.348 e. The van der Waals surface area contributed by atoms with Crippen LogP contribution < -0.4 is 10.1 Å². The molecule has 0 aliphatic heterocycles. The summed E-state index contributed by atoms with van der Waals surface area (Å²) in [4.78, 5) is 35.8. The van der Waals surface area contributed by atoms with E-state index in [-0.39, 0.29) is 5.78 Å². The van der Waals surface area contributed by atoms with Crippen LogP contribution in [0.1, 0.15) is 37.6 Å². The molecular weight excluding hydrogens is 346 g/mol. The number of benzene rings is 2. The van der Waals surface area contributed by atoms with Gasteiger partial charge in [-0.25, -0.2) is 4.79 Å². The summed E-state index contributed by atoms with van der Waals surface area (Å²) >= 11 is 0. The highest BCUT2D eigenvalue weighted by atomic mass is 16.6. The number of ether oxygens (including phenoxy) is 2. The fourth-order valence-electron chi connectivity index (χ4n) is 2.30. The lowest BCUT2D eigenvalue weighted by molar-refractivity contribution is -0.160. The molecule has 0 aliphatic carbocycles. The molecule has 2 aromatic rings. The predicted molar refractivity (Wildman–Crippen MR) is 102 cm³/mol. The summed E-state index contributed by atoms with van der Waals surface area (Å²) in [6.07, 6.45) is -1.37. The van der Waals surface area contributed by atoms with E-state index < -0.39 is 24.1 Å². The molecule has 0 aliphatic rings. The van der Waals surface area contributed by atoms with Gasteiger partial charge in [-0.2, -0.15) is 0 Å². The molecule has 0 saturated carbocycles. The van der Waals surface area contributed by atoms with Crippen molar-refractivity contribution in [2.75, 3.05) is 5.32 Å². The molecule has 2 aromatic carbocycles. The minimum Gasteiger partial charge on any atom is -0.479 e. The second-order valence-electron chi connectivity index (χ2n) is 6.03. The average Bonchev–Trinajstić information content (AvgIpc) is 2.67. The Morgan fingerprint density at radius 2 is 1.63 bits per heavy atom. The fraction of sp³-hybridized carbons (Fsp3) is 0.286. The zero-order chi connectivity index (χ0) is 19.8. The minimum atomic E-state index is -0.988. The Morgan fingerprint density at radius 3 is 2.19 bits per heavy atom. The minimum absolute atomic E-state index is 0.0563. The summed E-state index contributed by atoms with van der Waals surface area (Å²) < 4.78 is 10.9. The van der Waals surface area contributed by atoms with E-state index >= 15 is 0 Å². The Morgan fingerprint density at radius 1 is 1.00 bits per heavy atom. The molecule has 6 nitrogen and oxygen atoms in total. The summed E-state index contributed by atoms with van der Waals surface area (Å²) in [7, 11) is 0. The Bertz CT molecular complexity index is 786. The average molecular weight is 369 g/mol. The SMILES string of the molecule is CC[C@@H](Oc1ccccc1)C(=O)O[C@H](C)C(=O)Nc1ccc(C(C)=O)cc1. The number of carbonyl (C=O) groups is 3. The molecule has 142 valence electrons. The number of rotatable bonds is 8. The highest BCUT2D eigenvalue weighted by Crippen LogP contribution is 2.15.